The van der Waals surface area contributed by atoms with Gasteiger partial charge in [0.2, 0.25) is 0 Å². The van der Waals surface area contributed by atoms with Crippen LogP contribution < -0.4 is 0 Å². The summed E-state index contributed by atoms with van der Waals surface area (Å²) in [4.78, 5) is 12.2. The molecule has 0 radical (unpaired) electrons. The summed E-state index contributed by atoms with van der Waals surface area (Å²) in [6.07, 6.45) is 2.90. The Morgan fingerprint density at radius 3 is 2.35 bits per heavy atom. The molecule has 4 heteroatoms. The Labute approximate surface area is 114 Å². The highest BCUT2D eigenvalue weighted by Crippen LogP contribution is 2.25. The van der Waals surface area contributed by atoms with Crippen LogP contribution in [-0.4, -0.2) is 5.78 Å². The van der Waals surface area contributed by atoms with Crippen LogP contribution in [0, 0.1) is 17.5 Å². The second kappa shape index (κ2) is 4.78. The van der Waals surface area contributed by atoms with Crippen LogP contribution in [0.4, 0.5) is 13.2 Å². The summed E-state index contributed by atoms with van der Waals surface area (Å²) in [7, 11) is 0. The number of carbonyl (C=O) groups is 1. The van der Waals surface area contributed by atoms with E-state index in [-0.39, 0.29) is 0 Å². The first kappa shape index (κ1) is 12.9. The molecule has 0 aromatic heterocycles. The van der Waals surface area contributed by atoms with Crippen molar-refractivity contribution in [3.63, 3.8) is 0 Å². The first-order valence-corrected chi connectivity index (χ1v) is 6.37. The first-order chi connectivity index (χ1) is 9.56. The first-order valence-electron chi connectivity index (χ1n) is 6.37. The molecular weight excluding hydrogens is 265 g/mol. The largest absolute Gasteiger partial charge is 0.288 e. The van der Waals surface area contributed by atoms with Crippen molar-refractivity contribution in [1.82, 2.24) is 0 Å². The number of aryl methyl sites for hydroxylation is 2. The number of benzene rings is 2. The van der Waals surface area contributed by atoms with Crippen LogP contribution in [0.25, 0.3) is 0 Å². The maximum atomic E-state index is 13.6. The Morgan fingerprint density at radius 2 is 1.55 bits per heavy atom. The van der Waals surface area contributed by atoms with Crippen molar-refractivity contribution in [2.45, 2.75) is 19.3 Å². The van der Waals surface area contributed by atoms with Crippen LogP contribution in [0.2, 0.25) is 0 Å². The molecule has 0 spiro atoms. The Kier molecular flexibility index (Phi) is 3.08. The molecule has 1 aliphatic carbocycles. The Bertz CT molecular complexity index is 707. The smallest absolute Gasteiger partial charge is 0.196 e. The van der Waals surface area contributed by atoms with E-state index in [0.717, 1.165) is 24.8 Å². The van der Waals surface area contributed by atoms with Gasteiger partial charge in [-0.25, -0.2) is 13.2 Å². The molecule has 0 heterocycles. The fourth-order valence-electron chi connectivity index (χ4n) is 2.57. The highest BCUT2D eigenvalue weighted by Gasteiger charge is 2.19. The average molecular weight is 276 g/mol. The van der Waals surface area contributed by atoms with E-state index in [1.165, 1.54) is 5.56 Å². The lowest BCUT2D eigenvalue weighted by Crippen LogP contribution is -2.07. The normalized spacial score (nSPS) is 13.3. The lowest BCUT2D eigenvalue weighted by molar-refractivity contribution is 0.103. The average Bonchev–Trinajstić information content (AvgIpc) is 2.89. The molecule has 0 saturated heterocycles. The summed E-state index contributed by atoms with van der Waals surface area (Å²) in [5.74, 6) is -4.20. The number of carbonyl (C=O) groups excluding carboxylic acids is 1. The molecule has 0 bridgehead atoms. The zero-order valence-electron chi connectivity index (χ0n) is 10.6. The van der Waals surface area contributed by atoms with E-state index in [2.05, 4.69) is 0 Å². The maximum Gasteiger partial charge on any atom is 0.196 e. The number of ketones is 1. The zero-order chi connectivity index (χ0) is 14.3. The minimum atomic E-state index is -1.30. The lowest BCUT2D eigenvalue weighted by atomic mass is 9.99. The molecule has 0 saturated carbocycles. The Balaban J connectivity index is 2.03. The van der Waals surface area contributed by atoms with Crippen LogP contribution in [0.1, 0.15) is 33.5 Å². The molecule has 0 atom stereocenters. The molecule has 0 aliphatic heterocycles. The third kappa shape index (κ3) is 2.11. The molecule has 20 heavy (non-hydrogen) atoms. The van der Waals surface area contributed by atoms with Gasteiger partial charge < -0.3 is 0 Å². The second-order valence-electron chi connectivity index (χ2n) is 4.91. The van der Waals surface area contributed by atoms with Gasteiger partial charge in [0.1, 0.15) is 5.82 Å². The van der Waals surface area contributed by atoms with Gasteiger partial charge in [0.15, 0.2) is 17.4 Å². The van der Waals surface area contributed by atoms with Crippen molar-refractivity contribution in [2.24, 2.45) is 0 Å². The van der Waals surface area contributed by atoms with Crippen molar-refractivity contribution < 1.29 is 18.0 Å². The minimum absolute atomic E-state index is 0.301. The molecule has 0 fully saturated rings. The summed E-state index contributed by atoms with van der Waals surface area (Å²) in [6.45, 7) is 0. The van der Waals surface area contributed by atoms with Crippen LogP contribution in [0.5, 0.6) is 0 Å². The van der Waals surface area contributed by atoms with Gasteiger partial charge in [0, 0.05) is 11.6 Å². The van der Waals surface area contributed by atoms with E-state index >= 15 is 0 Å². The predicted octanol–water partition coefficient (Wildman–Crippen LogP) is 3.82. The van der Waals surface area contributed by atoms with Crippen molar-refractivity contribution in [3.8, 4) is 0 Å². The molecular formula is C16H11F3O. The monoisotopic (exact) mass is 276 g/mol. The van der Waals surface area contributed by atoms with E-state index in [1.807, 2.05) is 6.07 Å². The number of hydrogen-bond donors (Lipinski definition) is 0. The molecule has 0 N–H and O–H groups in total. The summed E-state index contributed by atoms with van der Waals surface area (Å²) in [5.41, 5.74) is 2.11. The maximum absolute atomic E-state index is 13.6. The van der Waals surface area contributed by atoms with Crippen LogP contribution >= 0.6 is 0 Å². The number of fused-ring (bicyclic) bond motifs is 1. The van der Waals surface area contributed by atoms with E-state index in [1.54, 1.807) is 12.1 Å². The van der Waals surface area contributed by atoms with E-state index < -0.39 is 28.8 Å². The van der Waals surface area contributed by atoms with Gasteiger partial charge in [-0.3, -0.25) is 4.79 Å². The van der Waals surface area contributed by atoms with Gasteiger partial charge in [0.25, 0.3) is 0 Å². The van der Waals surface area contributed by atoms with E-state index in [0.29, 0.717) is 17.7 Å². The SMILES string of the molecule is O=C(c1ccc2c(c1)CCC2)c1cc(F)c(F)cc1F. The van der Waals surface area contributed by atoms with Gasteiger partial charge in [-0.2, -0.15) is 0 Å². The van der Waals surface area contributed by atoms with Crippen molar-refractivity contribution in [3.05, 3.63) is 70.0 Å². The molecule has 2 aromatic rings. The fraction of sp³-hybridized carbons (Fsp3) is 0.188. The lowest BCUT2D eigenvalue weighted by Gasteiger charge is -2.06. The quantitative estimate of drug-likeness (QED) is 0.602. The summed E-state index contributed by atoms with van der Waals surface area (Å²) in [5, 5.41) is 0. The summed E-state index contributed by atoms with van der Waals surface area (Å²) in [6, 6.07) is 6.17. The molecule has 1 aliphatic rings. The Hall–Kier alpha value is -2.10. The zero-order valence-corrected chi connectivity index (χ0v) is 10.6. The fourth-order valence-corrected chi connectivity index (χ4v) is 2.57. The van der Waals surface area contributed by atoms with Crippen molar-refractivity contribution in [1.29, 1.82) is 0 Å². The third-order valence-corrected chi connectivity index (χ3v) is 3.62. The molecule has 3 rings (SSSR count). The van der Waals surface area contributed by atoms with Gasteiger partial charge in [-0.15, -0.1) is 0 Å². The van der Waals surface area contributed by atoms with Crippen LogP contribution in [0.15, 0.2) is 30.3 Å². The summed E-state index contributed by atoms with van der Waals surface area (Å²) < 4.78 is 39.7. The summed E-state index contributed by atoms with van der Waals surface area (Å²) >= 11 is 0. The topological polar surface area (TPSA) is 17.1 Å². The molecule has 2 aromatic carbocycles. The van der Waals surface area contributed by atoms with Crippen molar-refractivity contribution >= 4 is 5.78 Å². The van der Waals surface area contributed by atoms with Crippen LogP contribution in [0.3, 0.4) is 0 Å². The molecule has 1 nitrogen and oxygen atoms in total. The predicted molar refractivity (Wildman–Crippen MR) is 68.2 cm³/mol. The molecule has 0 amide bonds. The van der Waals surface area contributed by atoms with Gasteiger partial charge in [0.05, 0.1) is 5.56 Å². The second-order valence-corrected chi connectivity index (χ2v) is 4.91. The minimum Gasteiger partial charge on any atom is -0.288 e. The highest BCUT2D eigenvalue weighted by atomic mass is 19.2. The Morgan fingerprint density at radius 1 is 0.850 bits per heavy atom. The number of rotatable bonds is 2. The van der Waals surface area contributed by atoms with Gasteiger partial charge in [-0.1, -0.05) is 12.1 Å². The molecule has 102 valence electrons. The van der Waals surface area contributed by atoms with Gasteiger partial charge >= 0.3 is 0 Å². The number of halogens is 3. The van der Waals surface area contributed by atoms with Crippen LogP contribution in [-0.2, 0) is 12.8 Å². The van der Waals surface area contributed by atoms with Crippen molar-refractivity contribution in [2.75, 3.05) is 0 Å². The van der Waals surface area contributed by atoms with E-state index in [4.69, 9.17) is 0 Å². The highest BCUT2D eigenvalue weighted by molar-refractivity contribution is 6.09. The third-order valence-electron chi connectivity index (χ3n) is 3.62. The van der Waals surface area contributed by atoms with E-state index in [9.17, 15) is 18.0 Å². The standard InChI is InChI=1S/C16H11F3O/c17-13-8-15(19)14(18)7-12(13)16(20)11-5-4-9-2-1-3-10(9)6-11/h4-8H,1-3H2. The molecule has 0 unspecified atom stereocenters. The van der Waals surface area contributed by atoms with Gasteiger partial charge in [-0.05, 0) is 42.5 Å². The number of hydrogen-bond acceptors (Lipinski definition) is 1.